The summed E-state index contributed by atoms with van der Waals surface area (Å²) >= 11 is 0. The van der Waals surface area contributed by atoms with Gasteiger partial charge in [-0.05, 0) is 33.2 Å². The van der Waals surface area contributed by atoms with Gasteiger partial charge in [0, 0.05) is 47.5 Å². The Labute approximate surface area is 172 Å². The largest absolute Gasteiger partial charge is 0.374 e. The number of hydrogen-bond donors (Lipinski definition) is 2. The van der Waals surface area contributed by atoms with Crippen molar-refractivity contribution in [1.29, 1.82) is 0 Å². The van der Waals surface area contributed by atoms with Crippen LogP contribution in [0.1, 0.15) is 39.5 Å². The molecule has 0 spiro atoms. The van der Waals surface area contributed by atoms with Gasteiger partial charge in [-0.25, -0.2) is 0 Å². The highest BCUT2D eigenvalue weighted by molar-refractivity contribution is 14.0. The molecule has 1 aliphatic heterocycles. The van der Waals surface area contributed by atoms with E-state index in [1.807, 2.05) is 6.92 Å². The topological polar surface area (TPSA) is 66.0 Å². The van der Waals surface area contributed by atoms with Crippen LogP contribution in [0.3, 0.4) is 0 Å². The van der Waals surface area contributed by atoms with Gasteiger partial charge in [0.1, 0.15) is 0 Å². The van der Waals surface area contributed by atoms with E-state index in [4.69, 9.17) is 9.73 Å². The van der Waals surface area contributed by atoms with Gasteiger partial charge in [-0.15, -0.1) is 24.0 Å². The number of nitrogens with one attached hydrogen (secondary N) is 2. The Kier molecular flexibility index (Phi) is 11.5. The molecular weight excluding hydrogens is 451 g/mol. The highest BCUT2D eigenvalue weighted by Crippen LogP contribution is 2.23. The van der Waals surface area contributed by atoms with Crippen LogP contribution in [-0.2, 0) is 15.5 Å². The normalized spacial score (nSPS) is 29.6. The summed E-state index contributed by atoms with van der Waals surface area (Å²) in [5.41, 5.74) is 0. The maximum atomic E-state index is 12.1. The SMILES string of the molecule is CCNC(=NCC1CN(C)CCO1)NC1CCCC(S(=O)CC)C1.I. The molecule has 2 N–H and O–H groups in total. The van der Waals surface area contributed by atoms with Crippen molar-refractivity contribution < 1.29 is 8.95 Å². The van der Waals surface area contributed by atoms with Crippen molar-refractivity contribution in [3.63, 3.8) is 0 Å². The van der Waals surface area contributed by atoms with Crippen LogP contribution in [0, 0.1) is 0 Å². The molecule has 25 heavy (non-hydrogen) atoms. The highest BCUT2D eigenvalue weighted by Gasteiger charge is 2.26. The van der Waals surface area contributed by atoms with Crippen LogP contribution < -0.4 is 10.6 Å². The molecule has 0 amide bonds. The number of aliphatic imine (C=N–C) groups is 1. The molecule has 0 bridgehead atoms. The average Bonchev–Trinajstić information content (AvgIpc) is 2.59. The molecule has 2 rings (SSSR count). The van der Waals surface area contributed by atoms with E-state index in [-0.39, 0.29) is 30.1 Å². The first-order valence-electron chi connectivity index (χ1n) is 9.34. The first kappa shape index (κ1) is 23.1. The molecule has 148 valence electrons. The van der Waals surface area contributed by atoms with E-state index in [2.05, 4.69) is 29.5 Å². The zero-order chi connectivity index (χ0) is 17.4. The number of rotatable bonds is 6. The van der Waals surface area contributed by atoms with Crippen LogP contribution in [-0.4, -0.2) is 78.1 Å². The van der Waals surface area contributed by atoms with Crippen LogP contribution in [0.5, 0.6) is 0 Å². The lowest BCUT2D eigenvalue weighted by molar-refractivity contribution is -0.0136. The van der Waals surface area contributed by atoms with E-state index in [0.29, 0.717) is 17.8 Å². The van der Waals surface area contributed by atoms with Crippen molar-refractivity contribution in [1.82, 2.24) is 15.5 Å². The molecule has 0 aromatic heterocycles. The summed E-state index contributed by atoms with van der Waals surface area (Å²) in [6.07, 6.45) is 4.52. The average molecular weight is 486 g/mol. The van der Waals surface area contributed by atoms with E-state index < -0.39 is 10.8 Å². The second-order valence-corrected chi connectivity index (χ2v) is 8.78. The minimum absolute atomic E-state index is 0. The lowest BCUT2D eigenvalue weighted by atomic mass is 9.95. The Hall–Kier alpha value is 0.0700. The fourth-order valence-electron chi connectivity index (χ4n) is 3.43. The van der Waals surface area contributed by atoms with Gasteiger partial charge in [0.05, 0.1) is 19.3 Å². The Balaban J connectivity index is 0.00000312. The van der Waals surface area contributed by atoms with Crippen LogP contribution in [0.4, 0.5) is 0 Å². The lowest BCUT2D eigenvalue weighted by Gasteiger charge is -2.31. The second kappa shape index (κ2) is 12.5. The van der Waals surface area contributed by atoms with Gasteiger partial charge in [0.25, 0.3) is 0 Å². The van der Waals surface area contributed by atoms with Gasteiger partial charge < -0.3 is 20.3 Å². The molecule has 4 unspecified atom stereocenters. The quantitative estimate of drug-likeness (QED) is 0.339. The summed E-state index contributed by atoms with van der Waals surface area (Å²) in [4.78, 5) is 7.01. The second-order valence-electron chi connectivity index (χ2n) is 6.77. The Morgan fingerprint density at radius 3 is 2.84 bits per heavy atom. The van der Waals surface area contributed by atoms with E-state index >= 15 is 0 Å². The number of guanidine groups is 1. The third kappa shape index (κ3) is 8.09. The number of halogens is 1. The van der Waals surface area contributed by atoms with E-state index in [1.165, 1.54) is 0 Å². The lowest BCUT2D eigenvalue weighted by Crippen LogP contribution is -2.47. The Morgan fingerprint density at radius 2 is 2.16 bits per heavy atom. The number of likely N-dealkylation sites (N-methyl/N-ethyl adjacent to an activating group) is 1. The maximum Gasteiger partial charge on any atom is 0.191 e. The molecular formula is C17H35IN4O2S. The van der Waals surface area contributed by atoms with E-state index in [1.54, 1.807) is 0 Å². The van der Waals surface area contributed by atoms with Crippen molar-refractivity contribution >= 4 is 40.7 Å². The fourth-order valence-corrected chi connectivity index (χ4v) is 4.78. The molecule has 0 aromatic carbocycles. The maximum absolute atomic E-state index is 12.1. The van der Waals surface area contributed by atoms with Crippen molar-refractivity contribution in [2.75, 3.05) is 45.6 Å². The predicted molar refractivity (Wildman–Crippen MR) is 116 cm³/mol. The molecule has 0 aromatic rings. The van der Waals surface area contributed by atoms with Crippen molar-refractivity contribution in [3.05, 3.63) is 0 Å². The van der Waals surface area contributed by atoms with Crippen LogP contribution in [0.2, 0.25) is 0 Å². The van der Waals surface area contributed by atoms with E-state index in [9.17, 15) is 4.21 Å². The molecule has 1 saturated carbocycles. The molecule has 2 aliphatic rings. The molecule has 2 fully saturated rings. The van der Waals surface area contributed by atoms with Gasteiger partial charge in [-0.3, -0.25) is 9.20 Å². The van der Waals surface area contributed by atoms with Crippen LogP contribution in [0.25, 0.3) is 0 Å². The zero-order valence-electron chi connectivity index (χ0n) is 15.8. The standard InChI is InChI=1S/C17H34N4O2S.HI/c1-4-18-17(19-12-15-13-21(3)9-10-23-15)20-14-7-6-8-16(11-14)24(22)5-2;/h14-16H,4-13H2,1-3H3,(H2,18,19,20);1H. The summed E-state index contributed by atoms with van der Waals surface area (Å²) in [6, 6.07) is 0.368. The molecule has 8 heteroatoms. The van der Waals surface area contributed by atoms with Gasteiger partial charge in [0.15, 0.2) is 5.96 Å². The van der Waals surface area contributed by atoms with Gasteiger partial charge in [-0.2, -0.15) is 0 Å². The molecule has 6 nitrogen and oxygen atoms in total. The molecule has 1 saturated heterocycles. The first-order chi connectivity index (χ1) is 11.6. The van der Waals surface area contributed by atoms with Crippen LogP contribution >= 0.6 is 24.0 Å². The fraction of sp³-hybridized carbons (Fsp3) is 0.941. The monoisotopic (exact) mass is 486 g/mol. The molecule has 1 heterocycles. The number of hydrogen-bond acceptors (Lipinski definition) is 4. The molecule has 0 radical (unpaired) electrons. The first-order valence-corrected chi connectivity index (χ1v) is 10.7. The zero-order valence-corrected chi connectivity index (χ0v) is 19.0. The van der Waals surface area contributed by atoms with Gasteiger partial charge in [0.2, 0.25) is 0 Å². The van der Waals surface area contributed by atoms with Gasteiger partial charge in [-0.1, -0.05) is 13.3 Å². The highest BCUT2D eigenvalue weighted by atomic mass is 127. The predicted octanol–water partition coefficient (Wildman–Crippen LogP) is 1.57. The minimum Gasteiger partial charge on any atom is -0.374 e. The third-order valence-electron chi connectivity index (χ3n) is 4.76. The Morgan fingerprint density at radius 1 is 1.36 bits per heavy atom. The van der Waals surface area contributed by atoms with Crippen LogP contribution in [0.15, 0.2) is 4.99 Å². The molecule has 1 aliphatic carbocycles. The summed E-state index contributed by atoms with van der Waals surface area (Å²) in [5.74, 6) is 1.63. The van der Waals surface area contributed by atoms with Crippen molar-refractivity contribution in [2.24, 2.45) is 4.99 Å². The number of ether oxygens (including phenoxy) is 1. The van der Waals surface area contributed by atoms with E-state index in [0.717, 1.165) is 63.6 Å². The smallest absolute Gasteiger partial charge is 0.191 e. The molecule has 4 atom stereocenters. The Bertz CT molecular complexity index is 439. The summed E-state index contributed by atoms with van der Waals surface area (Å²) in [5, 5.41) is 7.22. The number of nitrogens with zero attached hydrogens (tertiary/aromatic N) is 2. The van der Waals surface area contributed by atoms with Crippen molar-refractivity contribution in [2.45, 2.75) is 56.9 Å². The minimum atomic E-state index is -0.690. The van der Waals surface area contributed by atoms with Gasteiger partial charge >= 0.3 is 0 Å². The summed E-state index contributed by atoms with van der Waals surface area (Å²) < 4.78 is 17.9. The summed E-state index contributed by atoms with van der Waals surface area (Å²) in [6.45, 7) is 8.33. The number of morpholine rings is 1. The van der Waals surface area contributed by atoms with Crippen molar-refractivity contribution in [3.8, 4) is 0 Å². The summed E-state index contributed by atoms with van der Waals surface area (Å²) in [7, 11) is 1.43. The third-order valence-corrected chi connectivity index (χ3v) is 6.50.